The van der Waals surface area contributed by atoms with Crippen LogP contribution < -0.4 is 10.2 Å². The number of carbonyl (C=O) groups is 3. The number of benzene rings is 1. The highest BCUT2D eigenvalue weighted by Crippen LogP contribution is 2.21. The van der Waals surface area contributed by atoms with Crippen LogP contribution in [0.3, 0.4) is 0 Å². The number of nitrogens with one attached hydrogen (secondary N) is 1. The van der Waals surface area contributed by atoms with Crippen LogP contribution in [0, 0.1) is 0 Å². The average molecular weight is 379 g/mol. The van der Waals surface area contributed by atoms with Crippen molar-refractivity contribution in [2.45, 2.75) is 0 Å². The molecule has 4 amide bonds. The van der Waals surface area contributed by atoms with Gasteiger partial charge in [0.2, 0.25) is 0 Å². The molecule has 2 aliphatic rings. The van der Waals surface area contributed by atoms with Crippen molar-refractivity contribution in [3.8, 4) is 0 Å². The van der Waals surface area contributed by atoms with Gasteiger partial charge in [0.15, 0.2) is 0 Å². The number of aromatic nitrogens is 1. The quantitative estimate of drug-likeness (QED) is 0.807. The molecule has 1 saturated heterocycles. The van der Waals surface area contributed by atoms with E-state index < -0.39 is 0 Å². The third-order valence-corrected chi connectivity index (χ3v) is 5.03. The minimum absolute atomic E-state index is 0.159. The summed E-state index contributed by atoms with van der Waals surface area (Å²) >= 11 is 0. The molecule has 1 N–H and O–H groups in total. The lowest BCUT2D eigenvalue weighted by molar-refractivity contribution is 0.0655. The van der Waals surface area contributed by atoms with Crippen molar-refractivity contribution in [1.29, 1.82) is 0 Å². The number of urea groups is 1. The molecule has 0 radical (unpaired) electrons. The zero-order valence-electron chi connectivity index (χ0n) is 15.4. The first-order valence-corrected chi connectivity index (χ1v) is 9.29. The lowest BCUT2D eigenvalue weighted by Crippen LogP contribution is -2.52. The zero-order chi connectivity index (χ0) is 19.5. The number of rotatable bonds is 4. The molecular weight excluding hydrogens is 358 g/mol. The molecule has 2 aliphatic heterocycles. The maximum Gasteiger partial charge on any atom is 0.317 e. The van der Waals surface area contributed by atoms with Gasteiger partial charge >= 0.3 is 6.03 Å². The summed E-state index contributed by atoms with van der Waals surface area (Å²) in [6, 6.07) is 12.4. The number of imide groups is 1. The summed E-state index contributed by atoms with van der Waals surface area (Å²) in [5, 5.41) is 2.81. The summed E-state index contributed by atoms with van der Waals surface area (Å²) < 4.78 is 0. The van der Waals surface area contributed by atoms with Crippen LogP contribution in [0.2, 0.25) is 0 Å². The van der Waals surface area contributed by atoms with E-state index in [1.54, 1.807) is 35.4 Å². The number of nitrogens with zero attached hydrogens (tertiary/aromatic N) is 4. The highest BCUT2D eigenvalue weighted by Gasteiger charge is 2.34. The molecule has 0 aliphatic carbocycles. The van der Waals surface area contributed by atoms with Crippen LogP contribution in [0.1, 0.15) is 20.7 Å². The monoisotopic (exact) mass is 379 g/mol. The first-order chi connectivity index (χ1) is 13.6. The maximum atomic E-state index is 12.4. The van der Waals surface area contributed by atoms with Gasteiger partial charge in [0.25, 0.3) is 11.8 Å². The third kappa shape index (κ3) is 3.40. The van der Waals surface area contributed by atoms with Crippen LogP contribution in [-0.2, 0) is 0 Å². The van der Waals surface area contributed by atoms with Gasteiger partial charge in [-0.15, -0.1) is 0 Å². The predicted octanol–water partition coefficient (Wildman–Crippen LogP) is 1.21. The molecule has 0 saturated carbocycles. The number of carbonyl (C=O) groups excluding carboxylic acids is 3. The van der Waals surface area contributed by atoms with Gasteiger partial charge in [0.05, 0.1) is 11.1 Å². The van der Waals surface area contributed by atoms with Crippen molar-refractivity contribution < 1.29 is 14.4 Å². The van der Waals surface area contributed by atoms with E-state index in [9.17, 15) is 14.4 Å². The summed E-state index contributed by atoms with van der Waals surface area (Å²) in [6.45, 7) is 2.99. The zero-order valence-corrected chi connectivity index (χ0v) is 15.4. The molecule has 0 bridgehead atoms. The Balaban J connectivity index is 1.25. The highest BCUT2D eigenvalue weighted by atomic mass is 16.2. The molecule has 144 valence electrons. The Morgan fingerprint density at radius 3 is 2.18 bits per heavy atom. The van der Waals surface area contributed by atoms with Gasteiger partial charge in [0.1, 0.15) is 5.82 Å². The highest BCUT2D eigenvalue weighted by molar-refractivity contribution is 6.21. The normalized spacial score (nSPS) is 16.4. The van der Waals surface area contributed by atoms with Crippen molar-refractivity contribution in [1.82, 2.24) is 20.1 Å². The Morgan fingerprint density at radius 1 is 0.929 bits per heavy atom. The van der Waals surface area contributed by atoms with Gasteiger partial charge in [-0.3, -0.25) is 14.5 Å². The molecule has 4 rings (SSSR count). The van der Waals surface area contributed by atoms with Crippen molar-refractivity contribution >= 4 is 23.7 Å². The Labute approximate surface area is 162 Å². The summed E-state index contributed by atoms with van der Waals surface area (Å²) in [4.78, 5) is 46.4. The molecule has 1 aromatic heterocycles. The number of anilines is 1. The average Bonchev–Trinajstić information content (AvgIpc) is 2.99. The standard InChI is InChI=1S/C20H21N5O3/c26-18-15-5-1-2-6-16(15)19(27)25(18)10-9-22-20(28)24-13-11-23(12-14-24)17-7-3-4-8-21-17/h1-8H,9-14H2,(H,22,28). The Bertz CT molecular complexity index is 859. The summed E-state index contributed by atoms with van der Waals surface area (Å²) in [7, 11) is 0. The first kappa shape index (κ1) is 18.0. The molecule has 8 nitrogen and oxygen atoms in total. The van der Waals surface area contributed by atoms with Gasteiger partial charge in [-0.2, -0.15) is 0 Å². The van der Waals surface area contributed by atoms with Gasteiger partial charge in [-0.25, -0.2) is 9.78 Å². The Kier molecular flexibility index (Phi) is 4.92. The minimum atomic E-state index is -0.307. The van der Waals surface area contributed by atoms with E-state index in [-0.39, 0.29) is 30.9 Å². The van der Waals surface area contributed by atoms with Crippen molar-refractivity contribution in [3.63, 3.8) is 0 Å². The van der Waals surface area contributed by atoms with Gasteiger partial charge in [-0.05, 0) is 24.3 Å². The van der Waals surface area contributed by atoms with E-state index in [2.05, 4.69) is 15.2 Å². The van der Waals surface area contributed by atoms with Crippen LogP contribution >= 0.6 is 0 Å². The van der Waals surface area contributed by atoms with Gasteiger partial charge in [-0.1, -0.05) is 18.2 Å². The second-order valence-corrected chi connectivity index (χ2v) is 6.70. The summed E-state index contributed by atoms with van der Waals surface area (Å²) in [5.74, 6) is 0.297. The fourth-order valence-electron chi connectivity index (χ4n) is 3.51. The molecule has 1 fully saturated rings. The number of fused-ring (bicyclic) bond motifs is 1. The second kappa shape index (κ2) is 7.67. The molecule has 0 spiro atoms. The largest absolute Gasteiger partial charge is 0.353 e. The topological polar surface area (TPSA) is 85.8 Å². The first-order valence-electron chi connectivity index (χ1n) is 9.29. The van der Waals surface area contributed by atoms with Crippen LogP contribution in [0.4, 0.5) is 10.6 Å². The second-order valence-electron chi connectivity index (χ2n) is 6.70. The lowest BCUT2D eigenvalue weighted by Gasteiger charge is -2.35. The third-order valence-electron chi connectivity index (χ3n) is 5.03. The Hall–Kier alpha value is -3.42. The van der Waals surface area contributed by atoms with Crippen LogP contribution in [0.25, 0.3) is 0 Å². The van der Waals surface area contributed by atoms with E-state index in [0.717, 1.165) is 5.82 Å². The molecule has 1 aromatic carbocycles. The van der Waals surface area contributed by atoms with Crippen molar-refractivity contribution in [3.05, 3.63) is 59.8 Å². The molecule has 0 unspecified atom stereocenters. The molecular formula is C20H21N5O3. The van der Waals surface area contributed by atoms with Crippen LogP contribution in [0.15, 0.2) is 48.7 Å². The number of hydrogen-bond donors (Lipinski definition) is 1. The fourth-order valence-corrected chi connectivity index (χ4v) is 3.51. The van der Waals surface area contributed by atoms with Crippen LogP contribution in [0.5, 0.6) is 0 Å². The van der Waals surface area contributed by atoms with Crippen molar-refractivity contribution in [2.24, 2.45) is 0 Å². The molecule has 3 heterocycles. The van der Waals surface area contributed by atoms with E-state index in [1.165, 1.54) is 4.90 Å². The number of pyridine rings is 1. The molecule has 0 atom stereocenters. The minimum Gasteiger partial charge on any atom is -0.353 e. The fraction of sp³-hybridized carbons (Fsp3) is 0.300. The van der Waals surface area contributed by atoms with Gasteiger partial charge < -0.3 is 15.1 Å². The van der Waals surface area contributed by atoms with E-state index in [1.807, 2.05) is 18.2 Å². The smallest absolute Gasteiger partial charge is 0.317 e. The van der Waals surface area contributed by atoms with E-state index in [4.69, 9.17) is 0 Å². The Morgan fingerprint density at radius 2 is 1.57 bits per heavy atom. The van der Waals surface area contributed by atoms with E-state index in [0.29, 0.717) is 37.3 Å². The van der Waals surface area contributed by atoms with Crippen LogP contribution in [-0.4, -0.2) is 71.9 Å². The van der Waals surface area contributed by atoms with E-state index >= 15 is 0 Å². The molecule has 2 aromatic rings. The summed E-state index contributed by atoms with van der Waals surface area (Å²) in [6.07, 6.45) is 1.76. The van der Waals surface area contributed by atoms with Gasteiger partial charge in [0, 0.05) is 45.5 Å². The number of amides is 4. The predicted molar refractivity (Wildman–Crippen MR) is 103 cm³/mol. The maximum absolute atomic E-state index is 12.4. The SMILES string of the molecule is O=C(NCCN1C(=O)c2ccccc2C1=O)N1CCN(c2ccccn2)CC1. The molecule has 28 heavy (non-hydrogen) atoms. The molecule has 8 heteroatoms. The number of hydrogen-bond acceptors (Lipinski definition) is 5. The lowest BCUT2D eigenvalue weighted by atomic mass is 10.1. The summed E-state index contributed by atoms with van der Waals surface area (Å²) in [5.41, 5.74) is 0.842. The number of piperazine rings is 1. The van der Waals surface area contributed by atoms with Crippen molar-refractivity contribution in [2.75, 3.05) is 44.2 Å².